The van der Waals surface area contributed by atoms with Crippen molar-refractivity contribution in [3.8, 4) is 0 Å². The minimum absolute atomic E-state index is 0.460. The molecule has 0 saturated heterocycles. The highest BCUT2D eigenvalue weighted by Gasteiger charge is 2.46. The maximum Gasteiger partial charge on any atom is 0.211 e. The molecule has 0 radical (unpaired) electrons. The summed E-state index contributed by atoms with van der Waals surface area (Å²) in [6.07, 6.45) is 0. The molecule has 2 rings (SSSR count). The van der Waals surface area contributed by atoms with Gasteiger partial charge in [0, 0.05) is 0 Å². The summed E-state index contributed by atoms with van der Waals surface area (Å²) in [6.45, 7) is 2.95. The number of rotatable bonds is 6. The van der Waals surface area contributed by atoms with Gasteiger partial charge in [-0.3, -0.25) is 4.79 Å². The third-order valence-corrected chi connectivity index (χ3v) is 5.68. The molecule has 0 aromatic heterocycles. The lowest BCUT2D eigenvalue weighted by molar-refractivity contribution is -0.124. The highest BCUT2D eigenvalue weighted by molar-refractivity contribution is 7.72. The zero-order valence-corrected chi connectivity index (χ0v) is 15.9. The zero-order chi connectivity index (χ0) is 19.4. The zero-order valence-electron chi connectivity index (χ0n) is 14.3. The van der Waals surface area contributed by atoms with Crippen LogP contribution in [0.4, 0.5) is 0 Å². The van der Waals surface area contributed by atoms with E-state index in [1.807, 2.05) is 0 Å². The number of hydrogen-bond acceptors (Lipinski definition) is 5. The molecule has 0 heterocycles. The topological polar surface area (TPSA) is 85.3 Å². The maximum absolute atomic E-state index is 13.5. The van der Waals surface area contributed by atoms with Crippen LogP contribution < -0.4 is 0 Å². The van der Waals surface area contributed by atoms with Crippen molar-refractivity contribution in [1.29, 1.82) is 0 Å². The molecule has 0 aliphatic heterocycles. The summed E-state index contributed by atoms with van der Waals surface area (Å²) >= 11 is 0. The average Bonchev–Trinajstić information content (AvgIpc) is 2.61. The van der Waals surface area contributed by atoms with Gasteiger partial charge in [-0.1, -0.05) is 60.7 Å². The standard InChI is InChI=1S/C19H18O5S2/c1-18(13-25(21)22,15-9-5-3-6-10-15)17(20)19(2,14-26(23)24)16-11-7-4-8-12-16/h3-14H,1-2H3. The highest BCUT2D eigenvalue weighted by Crippen LogP contribution is 2.34. The van der Waals surface area contributed by atoms with E-state index in [0.717, 1.165) is 10.7 Å². The van der Waals surface area contributed by atoms with Crippen molar-refractivity contribution < 1.29 is 21.6 Å². The maximum atomic E-state index is 13.5. The van der Waals surface area contributed by atoms with Crippen LogP contribution in [0.1, 0.15) is 25.0 Å². The molecule has 2 aromatic rings. The first-order valence-electron chi connectivity index (χ1n) is 7.74. The molecule has 2 atom stereocenters. The second kappa shape index (κ2) is 7.80. The molecule has 5 nitrogen and oxygen atoms in total. The van der Waals surface area contributed by atoms with E-state index in [1.165, 1.54) is 13.8 Å². The van der Waals surface area contributed by atoms with E-state index in [2.05, 4.69) is 0 Å². The van der Waals surface area contributed by atoms with Crippen LogP contribution in [0.3, 0.4) is 0 Å². The van der Waals surface area contributed by atoms with Crippen LogP contribution in [0, 0.1) is 0 Å². The monoisotopic (exact) mass is 390 g/mol. The molecular weight excluding hydrogens is 372 g/mol. The molecule has 7 heteroatoms. The van der Waals surface area contributed by atoms with Gasteiger partial charge in [0.25, 0.3) is 0 Å². The van der Waals surface area contributed by atoms with Crippen molar-refractivity contribution in [3.05, 3.63) is 71.8 Å². The number of ketones is 1. The minimum Gasteiger partial charge on any atom is -0.297 e. The Balaban J connectivity index is 2.80. The van der Waals surface area contributed by atoms with Gasteiger partial charge in [0.2, 0.25) is 20.6 Å². The second-order valence-corrected chi connectivity index (χ2v) is 7.74. The van der Waals surface area contributed by atoms with Gasteiger partial charge in [-0.2, -0.15) is 16.8 Å². The van der Waals surface area contributed by atoms with E-state index in [4.69, 9.17) is 0 Å². The number of carbonyl (C=O) groups is 1. The summed E-state index contributed by atoms with van der Waals surface area (Å²) in [7, 11) is -5.25. The normalized spacial score (nSPS) is 15.2. The number of carbonyl (C=O) groups excluding carboxylic acids is 1. The Hall–Kier alpha value is -2.51. The Morgan fingerprint density at radius 2 is 1.00 bits per heavy atom. The molecule has 0 fully saturated rings. The first kappa shape index (κ1) is 19.8. The number of hydrogen-bond donors (Lipinski definition) is 0. The molecule has 0 aliphatic carbocycles. The van der Waals surface area contributed by atoms with E-state index in [0.29, 0.717) is 11.1 Å². The first-order chi connectivity index (χ1) is 12.2. The van der Waals surface area contributed by atoms with Gasteiger partial charge in [0.05, 0.1) is 21.6 Å². The van der Waals surface area contributed by atoms with Crippen molar-refractivity contribution >= 4 is 37.1 Å². The summed E-state index contributed by atoms with van der Waals surface area (Å²) in [5.41, 5.74) is -2.15. The Kier molecular flexibility index (Phi) is 5.94. The van der Waals surface area contributed by atoms with Crippen molar-refractivity contribution in [2.24, 2.45) is 0 Å². The summed E-state index contributed by atoms with van der Waals surface area (Å²) in [6, 6.07) is 16.8. The Morgan fingerprint density at radius 3 is 1.27 bits per heavy atom. The second-order valence-electron chi connectivity index (χ2n) is 6.22. The Morgan fingerprint density at radius 1 is 0.692 bits per heavy atom. The van der Waals surface area contributed by atoms with Crippen LogP contribution in [-0.4, -0.2) is 33.4 Å². The van der Waals surface area contributed by atoms with E-state index in [-0.39, 0.29) is 0 Å². The van der Waals surface area contributed by atoms with Gasteiger partial charge in [-0.15, -0.1) is 0 Å². The van der Waals surface area contributed by atoms with E-state index < -0.39 is 37.2 Å². The Labute approximate surface area is 155 Å². The van der Waals surface area contributed by atoms with Gasteiger partial charge < -0.3 is 0 Å². The fourth-order valence-corrected chi connectivity index (χ4v) is 4.25. The molecular formula is C19H18O5S2. The average molecular weight is 390 g/mol. The van der Waals surface area contributed by atoms with Gasteiger partial charge in [-0.05, 0) is 25.0 Å². The van der Waals surface area contributed by atoms with Gasteiger partial charge >= 0.3 is 0 Å². The van der Waals surface area contributed by atoms with Crippen LogP contribution in [0.15, 0.2) is 60.7 Å². The lowest BCUT2D eigenvalue weighted by Crippen LogP contribution is -2.48. The quantitative estimate of drug-likeness (QED) is 0.703. The predicted molar refractivity (Wildman–Crippen MR) is 103 cm³/mol. The van der Waals surface area contributed by atoms with Crippen LogP contribution >= 0.6 is 0 Å². The first-order valence-corrected chi connectivity index (χ1v) is 10.0. The smallest absolute Gasteiger partial charge is 0.211 e. The fourth-order valence-electron chi connectivity index (χ4n) is 3.00. The molecule has 0 aliphatic rings. The largest absolute Gasteiger partial charge is 0.297 e. The van der Waals surface area contributed by atoms with Crippen molar-refractivity contribution in [2.75, 3.05) is 0 Å². The summed E-state index contributed by atoms with van der Waals surface area (Å²) in [5.74, 6) is -0.559. The lowest BCUT2D eigenvalue weighted by atomic mass is 9.67. The van der Waals surface area contributed by atoms with Crippen LogP contribution in [0.2, 0.25) is 0 Å². The van der Waals surface area contributed by atoms with Crippen LogP contribution in [0.25, 0.3) is 0 Å². The molecule has 2 unspecified atom stereocenters. The SMILES string of the molecule is CC(C=S(=O)=O)(C(=O)C(C)(C=S(=O)=O)c1ccccc1)c1ccccc1. The number of Topliss-reactive ketones (excluding diaryl/α,β-unsaturated/α-hetero) is 1. The number of benzene rings is 2. The molecule has 0 saturated carbocycles. The summed E-state index contributed by atoms with van der Waals surface area (Å²) in [5, 5.41) is 1.82. The highest BCUT2D eigenvalue weighted by atomic mass is 32.2. The summed E-state index contributed by atoms with van der Waals surface area (Å²) in [4.78, 5) is 13.5. The minimum atomic E-state index is -2.62. The van der Waals surface area contributed by atoms with Crippen molar-refractivity contribution in [2.45, 2.75) is 24.7 Å². The third kappa shape index (κ3) is 4.00. The van der Waals surface area contributed by atoms with Crippen LogP contribution in [0.5, 0.6) is 0 Å². The van der Waals surface area contributed by atoms with E-state index in [9.17, 15) is 21.6 Å². The van der Waals surface area contributed by atoms with E-state index in [1.54, 1.807) is 60.7 Å². The van der Waals surface area contributed by atoms with Gasteiger partial charge in [-0.25, -0.2) is 0 Å². The molecule has 0 N–H and O–H groups in total. The Bertz CT molecular complexity index is 968. The van der Waals surface area contributed by atoms with E-state index >= 15 is 0 Å². The molecule has 0 bridgehead atoms. The van der Waals surface area contributed by atoms with Crippen molar-refractivity contribution in [3.63, 3.8) is 0 Å². The lowest BCUT2D eigenvalue weighted by Gasteiger charge is -2.33. The van der Waals surface area contributed by atoms with Crippen molar-refractivity contribution in [1.82, 2.24) is 0 Å². The molecule has 0 spiro atoms. The molecule has 136 valence electrons. The predicted octanol–water partition coefficient (Wildman–Crippen LogP) is 1.83. The van der Waals surface area contributed by atoms with Gasteiger partial charge in [0.1, 0.15) is 0 Å². The molecule has 26 heavy (non-hydrogen) atoms. The van der Waals surface area contributed by atoms with Crippen LogP contribution in [-0.2, 0) is 36.2 Å². The third-order valence-electron chi connectivity index (χ3n) is 4.35. The molecule has 2 aromatic carbocycles. The summed E-state index contributed by atoms with van der Waals surface area (Å²) < 4.78 is 45.8. The fraction of sp³-hybridized carbons (Fsp3) is 0.211. The molecule has 0 amide bonds. The van der Waals surface area contributed by atoms with Gasteiger partial charge in [0.15, 0.2) is 5.78 Å².